The Morgan fingerprint density at radius 1 is 1.78 bits per heavy atom. The van der Waals surface area contributed by atoms with Gasteiger partial charge in [0.2, 0.25) is 0 Å². The van der Waals surface area contributed by atoms with Crippen LogP contribution in [0, 0.1) is 0 Å². The molecule has 1 aliphatic rings. The van der Waals surface area contributed by atoms with Crippen LogP contribution in [0.25, 0.3) is 0 Å². The third-order valence-electron chi connectivity index (χ3n) is 1.50. The number of nitrogens with zero attached hydrogens (tertiary/aromatic N) is 1. The lowest BCUT2D eigenvalue weighted by Gasteiger charge is -2.27. The van der Waals surface area contributed by atoms with Crippen LogP contribution in [-0.2, 0) is 4.79 Å². The summed E-state index contributed by atoms with van der Waals surface area (Å²) in [6.45, 7) is 4.55. The van der Waals surface area contributed by atoms with E-state index in [1.807, 2.05) is 6.41 Å². The molecule has 51 valence electrons. The molecule has 0 aliphatic carbocycles. The molecule has 0 aromatic rings. The number of carbonyl (C=O) groups excluding carboxylic acids is 1. The van der Waals surface area contributed by atoms with Gasteiger partial charge in [-0.2, -0.15) is 0 Å². The van der Waals surface area contributed by atoms with Gasteiger partial charge < -0.3 is 10.2 Å². The van der Waals surface area contributed by atoms with Crippen molar-refractivity contribution in [3.05, 3.63) is 0 Å². The number of hydrogen-bond acceptors (Lipinski definition) is 2. The molecule has 1 heterocycles. The van der Waals surface area contributed by atoms with Crippen LogP contribution in [0.3, 0.4) is 0 Å². The van der Waals surface area contributed by atoms with E-state index in [0.717, 1.165) is 19.6 Å². The number of nitrogens with one attached hydrogen (secondary N) is 1. The monoisotopic (exact) mass is 127 g/mol. The lowest BCUT2D eigenvalue weighted by atomic mass is 10.2. The Kier molecular flexibility index (Phi) is 2.05. The highest BCUT2D eigenvalue weighted by molar-refractivity contribution is 5.48. The Balaban J connectivity index is 2.31. The predicted octanol–water partition coefficient (Wildman–Crippen LogP) is -0.653. The number of hydrogen-bond donors (Lipinski definition) is 1. The van der Waals surface area contributed by atoms with Crippen LogP contribution in [-0.4, -0.2) is 37.0 Å². The van der Waals surface area contributed by atoms with Crippen molar-refractivity contribution in [2.45, 2.75) is 13.0 Å². The molecular formula is C6H11N2O. The van der Waals surface area contributed by atoms with Gasteiger partial charge in [0.1, 0.15) is 0 Å². The second kappa shape index (κ2) is 2.82. The summed E-state index contributed by atoms with van der Waals surface area (Å²) in [4.78, 5) is 11.7. The molecule has 0 bridgehead atoms. The van der Waals surface area contributed by atoms with E-state index in [0.29, 0.717) is 6.04 Å². The van der Waals surface area contributed by atoms with Crippen LogP contribution >= 0.6 is 0 Å². The van der Waals surface area contributed by atoms with Crippen molar-refractivity contribution in [2.24, 2.45) is 0 Å². The predicted molar refractivity (Wildman–Crippen MR) is 34.7 cm³/mol. The van der Waals surface area contributed by atoms with Crippen LogP contribution in [0.15, 0.2) is 0 Å². The van der Waals surface area contributed by atoms with Crippen LogP contribution in [0.5, 0.6) is 0 Å². The van der Waals surface area contributed by atoms with Gasteiger partial charge in [0.05, 0.1) is 0 Å². The first-order valence-corrected chi connectivity index (χ1v) is 3.19. The van der Waals surface area contributed by atoms with Gasteiger partial charge in [0, 0.05) is 25.7 Å². The summed E-state index contributed by atoms with van der Waals surface area (Å²) in [6, 6.07) is 0.431. The molecule has 3 nitrogen and oxygen atoms in total. The van der Waals surface area contributed by atoms with E-state index in [1.54, 1.807) is 4.90 Å². The summed E-state index contributed by atoms with van der Waals surface area (Å²) in [5.41, 5.74) is 0. The van der Waals surface area contributed by atoms with Crippen LogP contribution in [0.4, 0.5) is 0 Å². The Morgan fingerprint density at radius 3 is 3.00 bits per heavy atom. The molecule has 0 spiro atoms. The fourth-order valence-corrected chi connectivity index (χ4v) is 1.02. The van der Waals surface area contributed by atoms with Crippen molar-refractivity contribution >= 4 is 6.41 Å². The van der Waals surface area contributed by atoms with Crippen molar-refractivity contribution in [1.82, 2.24) is 10.2 Å². The maximum absolute atomic E-state index is 10.1. The highest BCUT2D eigenvalue weighted by atomic mass is 16.1. The zero-order chi connectivity index (χ0) is 6.69. The number of rotatable bonds is 1. The van der Waals surface area contributed by atoms with Gasteiger partial charge in [-0.1, -0.05) is 0 Å². The minimum absolute atomic E-state index is 0.431. The van der Waals surface area contributed by atoms with Gasteiger partial charge in [-0.15, -0.1) is 0 Å². The zero-order valence-electron chi connectivity index (χ0n) is 5.55. The van der Waals surface area contributed by atoms with E-state index >= 15 is 0 Å². The first-order valence-electron chi connectivity index (χ1n) is 3.19. The average Bonchev–Trinajstić information content (AvgIpc) is 1.88. The fourth-order valence-electron chi connectivity index (χ4n) is 1.02. The average molecular weight is 127 g/mol. The molecule has 1 N–H and O–H groups in total. The lowest BCUT2D eigenvalue weighted by Crippen LogP contribution is -2.48. The van der Waals surface area contributed by atoms with Crippen LogP contribution in [0.2, 0.25) is 0 Å². The van der Waals surface area contributed by atoms with E-state index in [9.17, 15) is 4.79 Å². The third-order valence-corrected chi connectivity index (χ3v) is 1.50. The number of piperazine rings is 1. The summed E-state index contributed by atoms with van der Waals surface area (Å²) in [5.74, 6) is 0. The Hall–Kier alpha value is -0.570. The molecule has 1 amide bonds. The normalized spacial score (nSPS) is 28.1. The second-order valence-electron chi connectivity index (χ2n) is 2.39. The zero-order valence-corrected chi connectivity index (χ0v) is 5.55. The molecule has 1 rings (SSSR count). The van der Waals surface area contributed by atoms with Crippen molar-refractivity contribution in [3.8, 4) is 0 Å². The third kappa shape index (κ3) is 1.68. The number of amides is 1. The lowest BCUT2D eigenvalue weighted by molar-refractivity contribution is 0.289. The summed E-state index contributed by atoms with van der Waals surface area (Å²) in [6.07, 6.45) is 1.88. The Bertz CT molecular complexity index is 105. The van der Waals surface area contributed by atoms with Gasteiger partial charge in [-0.25, -0.2) is 0 Å². The first kappa shape index (κ1) is 6.55. The van der Waals surface area contributed by atoms with E-state index in [2.05, 4.69) is 12.2 Å². The topological polar surface area (TPSA) is 32.3 Å². The van der Waals surface area contributed by atoms with E-state index in [-0.39, 0.29) is 0 Å². The van der Waals surface area contributed by atoms with Gasteiger partial charge >= 0.3 is 6.41 Å². The molecule has 0 saturated carbocycles. The minimum Gasteiger partial charge on any atom is -0.332 e. The molecule has 1 fully saturated rings. The Morgan fingerprint density at radius 2 is 2.56 bits per heavy atom. The maximum atomic E-state index is 10.1. The molecular weight excluding hydrogens is 116 g/mol. The molecule has 0 aromatic heterocycles. The van der Waals surface area contributed by atoms with Crippen molar-refractivity contribution in [1.29, 1.82) is 0 Å². The highest BCUT2D eigenvalue weighted by Gasteiger charge is 2.13. The van der Waals surface area contributed by atoms with E-state index in [1.165, 1.54) is 0 Å². The quantitative estimate of drug-likeness (QED) is 0.507. The summed E-state index contributed by atoms with van der Waals surface area (Å²) < 4.78 is 0. The summed E-state index contributed by atoms with van der Waals surface area (Å²) in [7, 11) is 0. The van der Waals surface area contributed by atoms with E-state index < -0.39 is 0 Å². The SMILES string of the molecule is CC1CN([C]=O)CCN1. The van der Waals surface area contributed by atoms with Crippen LogP contribution < -0.4 is 5.32 Å². The smallest absolute Gasteiger partial charge is 0.312 e. The first-order chi connectivity index (χ1) is 4.33. The molecule has 0 aromatic carbocycles. The van der Waals surface area contributed by atoms with Crippen molar-refractivity contribution < 1.29 is 4.79 Å². The molecule has 1 aliphatic heterocycles. The molecule has 3 heteroatoms. The second-order valence-corrected chi connectivity index (χ2v) is 2.39. The van der Waals surface area contributed by atoms with Gasteiger partial charge in [-0.3, -0.25) is 4.79 Å². The van der Waals surface area contributed by atoms with E-state index in [4.69, 9.17) is 0 Å². The Labute approximate surface area is 55.0 Å². The molecule has 1 unspecified atom stereocenters. The molecule has 1 atom stereocenters. The molecule has 1 saturated heterocycles. The summed E-state index contributed by atoms with van der Waals surface area (Å²) >= 11 is 0. The van der Waals surface area contributed by atoms with Gasteiger partial charge in [-0.05, 0) is 6.92 Å². The van der Waals surface area contributed by atoms with Crippen molar-refractivity contribution in [2.75, 3.05) is 19.6 Å². The van der Waals surface area contributed by atoms with Gasteiger partial charge in [0.25, 0.3) is 0 Å². The molecule has 1 radical (unpaired) electrons. The summed E-state index contributed by atoms with van der Waals surface area (Å²) in [5, 5.41) is 3.23. The van der Waals surface area contributed by atoms with Gasteiger partial charge in [0.15, 0.2) is 0 Å². The largest absolute Gasteiger partial charge is 0.332 e. The van der Waals surface area contributed by atoms with Crippen molar-refractivity contribution in [3.63, 3.8) is 0 Å². The minimum atomic E-state index is 0.431. The van der Waals surface area contributed by atoms with Crippen LogP contribution in [0.1, 0.15) is 6.92 Å². The highest BCUT2D eigenvalue weighted by Crippen LogP contribution is 1.93. The molecule has 9 heavy (non-hydrogen) atoms. The fraction of sp³-hybridized carbons (Fsp3) is 0.833. The maximum Gasteiger partial charge on any atom is 0.312 e. The standard InChI is InChI=1S/C6H11N2O/c1-6-4-8(5-9)3-2-7-6/h6-7H,2-4H2,1H3.